The maximum atomic E-state index is 12.6. The summed E-state index contributed by atoms with van der Waals surface area (Å²) >= 11 is 0. The normalized spacial score (nSPS) is 33.1. The molecule has 0 aromatic heterocycles. The maximum Gasteiger partial charge on any atom is 0.241 e. The molecule has 2 rings (SSSR count). The highest BCUT2D eigenvalue weighted by Gasteiger charge is 2.38. The van der Waals surface area contributed by atoms with Gasteiger partial charge >= 0.3 is 0 Å². The fourth-order valence-corrected chi connectivity index (χ4v) is 4.13. The number of hydrogen-bond acceptors (Lipinski definition) is 4. The van der Waals surface area contributed by atoms with Crippen molar-refractivity contribution in [2.45, 2.75) is 44.8 Å². The highest BCUT2D eigenvalue weighted by molar-refractivity contribution is 7.88. The Labute approximate surface area is 120 Å². The number of rotatable bonds is 2. The first-order valence-electron chi connectivity index (χ1n) is 7.24. The molecule has 1 N–H and O–H groups in total. The number of amides is 1. The van der Waals surface area contributed by atoms with E-state index in [1.54, 1.807) is 4.90 Å². The van der Waals surface area contributed by atoms with Gasteiger partial charge in [0.25, 0.3) is 0 Å². The van der Waals surface area contributed by atoms with Crippen LogP contribution in [0.2, 0.25) is 0 Å². The van der Waals surface area contributed by atoms with Crippen molar-refractivity contribution in [1.29, 1.82) is 0 Å². The van der Waals surface area contributed by atoms with E-state index in [-0.39, 0.29) is 11.8 Å². The van der Waals surface area contributed by atoms with Crippen LogP contribution in [0.1, 0.15) is 32.6 Å². The molecule has 3 unspecified atom stereocenters. The molecule has 2 saturated heterocycles. The highest BCUT2D eigenvalue weighted by Crippen LogP contribution is 2.24. The summed E-state index contributed by atoms with van der Waals surface area (Å²) in [5.74, 6) is 0.0393. The molecule has 0 aromatic carbocycles. The first-order valence-corrected chi connectivity index (χ1v) is 9.09. The third-order valence-corrected chi connectivity index (χ3v) is 5.68. The molecule has 0 bridgehead atoms. The first kappa shape index (κ1) is 15.7. The maximum absolute atomic E-state index is 12.6. The number of carbonyl (C=O) groups is 1. The van der Waals surface area contributed by atoms with Gasteiger partial charge in [-0.05, 0) is 25.2 Å². The van der Waals surface area contributed by atoms with E-state index < -0.39 is 22.2 Å². The minimum atomic E-state index is -3.36. The van der Waals surface area contributed by atoms with Crippen molar-refractivity contribution in [2.75, 3.05) is 25.9 Å². The summed E-state index contributed by atoms with van der Waals surface area (Å²) in [7, 11) is -3.36. The van der Waals surface area contributed by atoms with E-state index >= 15 is 0 Å². The molecule has 116 valence electrons. The van der Waals surface area contributed by atoms with E-state index in [1.165, 1.54) is 4.31 Å². The molecule has 0 aromatic rings. The Bertz CT molecular complexity index is 465. The van der Waals surface area contributed by atoms with E-state index in [1.807, 2.05) is 6.92 Å². The molecule has 1 amide bonds. The Kier molecular flexibility index (Phi) is 4.71. The quantitative estimate of drug-likeness (QED) is 0.781. The molecule has 0 spiro atoms. The van der Waals surface area contributed by atoms with Crippen LogP contribution in [0.15, 0.2) is 0 Å². The number of sulfonamides is 1. The van der Waals surface area contributed by atoms with Crippen LogP contribution in [0.25, 0.3) is 0 Å². The summed E-state index contributed by atoms with van der Waals surface area (Å²) in [6, 6.07) is -0.584. The Morgan fingerprint density at radius 2 is 1.90 bits per heavy atom. The monoisotopic (exact) mass is 304 g/mol. The molecule has 3 atom stereocenters. The Morgan fingerprint density at radius 3 is 2.50 bits per heavy atom. The van der Waals surface area contributed by atoms with Gasteiger partial charge in [-0.15, -0.1) is 0 Å². The number of piperidine rings is 2. The number of carbonyl (C=O) groups excluding carboxylic acids is 1. The molecule has 2 aliphatic rings. The fraction of sp³-hybridized carbons (Fsp3) is 0.923. The lowest BCUT2D eigenvalue weighted by atomic mass is 9.94. The fourth-order valence-electron chi connectivity index (χ4n) is 3.01. The van der Waals surface area contributed by atoms with Gasteiger partial charge in [0.15, 0.2) is 0 Å². The SMILES string of the molecule is CC1CCN(C(=O)C2CCCCN2S(C)(=O)=O)CC1O. The smallest absolute Gasteiger partial charge is 0.241 e. The van der Waals surface area contributed by atoms with Crippen molar-refractivity contribution in [3.05, 3.63) is 0 Å². The second kappa shape index (κ2) is 5.99. The van der Waals surface area contributed by atoms with Gasteiger partial charge in [-0.1, -0.05) is 13.3 Å². The van der Waals surface area contributed by atoms with E-state index in [9.17, 15) is 18.3 Å². The second-order valence-electron chi connectivity index (χ2n) is 6.00. The van der Waals surface area contributed by atoms with Crippen LogP contribution in [0.3, 0.4) is 0 Å². The summed E-state index contributed by atoms with van der Waals surface area (Å²) in [4.78, 5) is 14.2. The highest BCUT2D eigenvalue weighted by atomic mass is 32.2. The lowest BCUT2D eigenvalue weighted by Crippen LogP contribution is -2.56. The third-order valence-electron chi connectivity index (χ3n) is 4.40. The number of aliphatic hydroxyl groups excluding tert-OH is 1. The molecular formula is C13H24N2O4S. The van der Waals surface area contributed by atoms with Gasteiger partial charge < -0.3 is 10.0 Å². The zero-order valence-corrected chi connectivity index (χ0v) is 13.0. The number of hydrogen-bond donors (Lipinski definition) is 1. The molecule has 20 heavy (non-hydrogen) atoms. The summed E-state index contributed by atoms with van der Waals surface area (Å²) in [5, 5.41) is 9.90. The number of nitrogens with zero attached hydrogens (tertiary/aromatic N) is 2. The van der Waals surface area contributed by atoms with Crippen molar-refractivity contribution in [1.82, 2.24) is 9.21 Å². The molecule has 0 saturated carbocycles. The van der Waals surface area contributed by atoms with Gasteiger partial charge in [-0.2, -0.15) is 4.31 Å². The van der Waals surface area contributed by atoms with Gasteiger partial charge in [0, 0.05) is 19.6 Å². The lowest BCUT2D eigenvalue weighted by molar-refractivity contribution is -0.140. The molecule has 0 radical (unpaired) electrons. The van der Waals surface area contributed by atoms with Crippen LogP contribution in [0, 0.1) is 5.92 Å². The summed E-state index contributed by atoms with van der Waals surface area (Å²) in [5.41, 5.74) is 0. The molecule has 6 nitrogen and oxygen atoms in total. The van der Waals surface area contributed by atoms with Crippen LogP contribution in [0.5, 0.6) is 0 Å². The molecule has 2 heterocycles. The van der Waals surface area contributed by atoms with Crippen LogP contribution >= 0.6 is 0 Å². The standard InChI is InChI=1S/C13H24N2O4S/c1-10-6-8-14(9-12(10)16)13(17)11-5-3-4-7-15(11)20(2,18)19/h10-12,16H,3-9H2,1-2H3. The molecule has 7 heteroatoms. The van der Waals surface area contributed by atoms with Gasteiger partial charge in [0.1, 0.15) is 6.04 Å². The zero-order chi connectivity index (χ0) is 14.9. The minimum absolute atomic E-state index is 0.152. The van der Waals surface area contributed by atoms with E-state index in [0.29, 0.717) is 26.1 Å². The average Bonchev–Trinajstić information content (AvgIpc) is 2.40. The Morgan fingerprint density at radius 1 is 1.20 bits per heavy atom. The number of likely N-dealkylation sites (tertiary alicyclic amines) is 1. The van der Waals surface area contributed by atoms with Gasteiger partial charge in [-0.25, -0.2) is 8.42 Å². The zero-order valence-electron chi connectivity index (χ0n) is 12.2. The molecule has 2 aliphatic heterocycles. The molecule has 2 fully saturated rings. The van der Waals surface area contributed by atoms with Crippen LogP contribution < -0.4 is 0 Å². The summed E-state index contributed by atoms with van der Waals surface area (Å²) < 4.78 is 24.9. The van der Waals surface area contributed by atoms with Crippen molar-refractivity contribution in [2.24, 2.45) is 5.92 Å². The Balaban J connectivity index is 2.10. The van der Waals surface area contributed by atoms with Gasteiger partial charge in [0.05, 0.1) is 12.4 Å². The minimum Gasteiger partial charge on any atom is -0.391 e. The predicted octanol–water partition coefficient (Wildman–Crippen LogP) is 0.0298. The van der Waals surface area contributed by atoms with Crippen molar-refractivity contribution in [3.63, 3.8) is 0 Å². The largest absolute Gasteiger partial charge is 0.391 e. The third kappa shape index (κ3) is 3.32. The predicted molar refractivity (Wildman–Crippen MR) is 75.6 cm³/mol. The van der Waals surface area contributed by atoms with Crippen molar-refractivity contribution in [3.8, 4) is 0 Å². The van der Waals surface area contributed by atoms with Gasteiger partial charge in [-0.3, -0.25) is 4.79 Å². The average molecular weight is 304 g/mol. The van der Waals surface area contributed by atoms with Gasteiger partial charge in [0.2, 0.25) is 15.9 Å². The van der Waals surface area contributed by atoms with Crippen LogP contribution in [-0.4, -0.2) is 66.7 Å². The van der Waals surface area contributed by atoms with Crippen LogP contribution in [-0.2, 0) is 14.8 Å². The summed E-state index contributed by atoms with van der Waals surface area (Å²) in [6.07, 6.45) is 3.66. The second-order valence-corrected chi connectivity index (χ2v) is 7.94. The topological polar surface area (TPSA) is 77.9 Å². The van der Waals surface area contributed by atoms with Crippen molar-refractivity contribution >= 4 is 15.9 Å². The number of aliphatic hydroxyl groups is 1. The van der Waals surface area contributed by atoms with Crippen LogP contribution in [0.4, 0.5) is 0 Å². The number of β-amino-alcohol motifs (C(OH)–C–C–N with tert-alkyl or cyclic N) is 1. The van der Waals surface area contributed by atoms with Crippen molar-refractivity contribution < 1.29 is 18.3 Å². The van der Waals surface area contributed by atoms with E-state index in [2.05, 4.69) is 0 Å². The molecular weight excluding hydrogens is 280 g/mol. The first-order chi connectivity index (χ1) is 9.30. The van der Waals surface area contributed by atoms with E-state index in [0.717, 1.165) is 25.5 Å². The lowest BCUT2D eigenvalue weighted by Gasteiger charge is -2.40. The Hall–Kier alpha value is -0.660. The molecule has 0 aliphatic carbocycles. The van der Waals surface area contributed by atoms with E-state index in [4.69, 9.17) is 0 Å². The summed E-state index contributed by atoms with van der Waals surface area (Å²) in [6.45, 7) is 3.30.